The molecule has 0 spiro atoms. The molecular weight excluding hydrogens is 350 g/mol. The van der Waals surface area contributed by atoms with Gasteiger partial charge >= 0.3 is 0 Å². The molecule has 5 rings (SSSR count). The van der Waals surface area contributed by atoms with Gasteiger partial charge in [-0.05, 0) is 74.7 Å². The first kappa shape index (κ1) is 17.1. The van der Waals surface area contributed by atoms with Crippen LogP contribution in [0.2, 0.25) is 0 Å². The zero-order valence-corrected chi connectivity index (χ0v) is 16.1. The lowest BCUT2D eigenvalue weighted by Gasteiger charge is -2.23. The largest absolute Gasteiger partial charge is 0.317 e. The van der Waals surface area contributed by atoms with Gasteiger partial charge in [0.05, 0.1) is 23.3 Å². The predicted octanol–water partition coefficient (Wildman–Crippen LogP) is 3.25. The molecule has 3 aromatic heterocycles. The van der Waals surface area contributed by atoms with Crippen LogP contribution in [-0.2, 0) is 0 Å². The van der Waals surface area contributed by atoms with Crippen molar-refractivity contribution in [1.29, 1.82) is 0 Å². The first-order chi connectivity index (χ1) is 13.6. The summed E-state index contributed by atoms with van der Waals surface area (Å²) < 4.78 is 3.74. The van der Waals surface area contributed by atoms with Gasteiger partial charge in [0.25, 0.3) is 5.56 Å². The number of aromatic nitrogens is 4. The van der Waals surface area contributed by atoms with E-state index in [-0.39, 0.29) is 11.6 Å². The van der Waals surface area contributed by atoms with Crippen molar-refractivity contribution >= 4 is 16.4 Å². The second-order valence-electron chi connectivity index (χ2n) is 7.70. The van der Waals surface area contributed by atoms with Gasteiger partial charge in [-0.2, -0.15) is 5.10 Å². The molecule has 28 heavy (non-hydrogen) atoms. The van der Waals surface area contributed by atoms with E-state index in [1.165, 1.54) is 0 Å². The van der Waals surface area contributed by atoms with Crippen LogP contribution in [0.25, 0.3) is 27.5 Å². The fourth-order valence-corrected chi connectivity index (χ4v) is 4.20. The van der Waals surface area contributed by atoms with Gasteiger partial charge in [-0.25, -0.2) is 9.67 Å². The fourth-order valence-electron chi connectivity index (χ4n) is 4.20. The summed E-state index contributed by atoms with van der Waals surface area (Å²) in [5.41, 5.74) is 5.30. The summed E-state index contributed by atoms with van der Waals surface area (Å²) >= 11 is 0. The van der Waals surface area contributed by atoms with Crippen molar-refractivity contribution in [3.63, 3.8) is 0 Å². The molecule has 1 fully saturated rings. The van der Waals surface area contributed by atoms with E-state index in [0.717, 1.165) is 64.7 Å². The molecule has 1 aromatic carbocycles. The molecule has 1 aliphatic rings. The van der Waals surface area contributed by atoms with E-state index in [9.17, 15) is 4.79 Å². The zero-order valence-electron chi connectivity index (χ0n) is 16.1. The second-order valence-corrected chi connectivity index (χ2v) is 7.70. The van der Waals surface area contributed by atoms with Crippen LogP contribution in [0, 0.1) is 13.8 Å². The highest BCUT2D eigenvalue weighted by atomic mass is 16.1. The van der Waals surface area contributed by atoms with E-state index in [1.807, 2.05) is 31.5 Å². The smallest absolute Gasteiger partial charge is 0.274 e. The first-order valence-electron chi connectivity index (χ1n) is 9.79. The Morgan fingerprint density at radius 1 is 1.07 bits per heavy atom. The molecule has 6 heteroatoms. The minimum Gasteiger partial charge on any atom is -0.317 e. The lowest BCUT2D eigenvalue weighted by Crippen LogP contribution is -2.35. The number of pyridine rings is 1. The van der Waals surface area contributed by atoms with Crippen LogP contribution < -0.4 is 10.9 Å². The third kappa shape index (κ3) is 2.81. The van der Waals surface area contributed by atoms with Crippen molar-refractivity contribution < 1.29 is 0 Å². The monoisotopic (exact) mass is 373 g/mol. The number of imidazole rings is 1. The van der Waals surface area contributed by atoms with Crippen LogP contribution in [0.15, 0.2) is 47.7 Å². The quantitative estimate of drug-likeness (QED) is 0.586. The molecule has 4 heterocycles. The van der Waals surface area contributed by atoms with Crippen molar-refractivity contribution in [1.82, 2.24) is 24.5 Å². The summed E-state index contributed by atoms with van der Waals surface area (Å²) in [6.45, 7) is 5.95. The third-order valence-electron chi connectivity index (χ3n) is 5.65. The van der Waals surface area contributed by atoms with E-state index in [4.69, 9.17) is 0 Å². The van der Waals surface area contributed by atoms with Crippen LogP contribution in [0.4, 0.5) is 0 Å². The highest BCUT2D eigenvalue weighted by molar-refractivity contribution is 5.86. The van der Waals surface area contributed by atoms with Gasteiger partial charge in [-0.15, -0.1) is 0 Å². The van der Waals surface area contributed by atoms with E-state index in [0.29, 0.717) is 0 Å². The molecule has 0 atom stereocenters. The van der Waals surface area contributed by atoms with E-state index in [2.05, 4.69) is 45.1 Å². The number of benzene rings is 1. The molecule has 0 bridgehead atoms. The number of nitrogens with one attached hydrogen (secondary N) is 1. The number of fused-ring (bicyclic) bond motifs is 2. The van der Waals surface area contributed by atoms with Crippen molar-refractivity contribution in [3.8, 4) is 11.1 Å². The van der Waals surface area contributed by atoms with Crippen molar-refractivity contribution in [2.45, 2.75) is 32.7 Å². The Labute approximate surface area is 162 Å². The van der Waals surface area contributed by atoms with Gasteiger partial charge in [0.15, 0.2) is 0 Å². The van der Waals surface area contributed by atoms with E-state index in [1.54, 1.807) is 4.68 Å². The summed E-state index contributed by atoms with van der Waals surface area (Å²) in [5.74, 6) is 0. The molecule has 1 saturated heterocycles. The van der Waals surface area contributed by atoms with E-state index >= 15 is 0 Å². The van der Waals surface area contributed by atoms with Crippen LogP contribution in [0.1, 0.15) is 30.1 Å². The van der Waals surface area contributed by atoms with Gasteiger partial charge in [0.1, 0.15) is 5.65 Å². The average Bonchev–Trinajstić information content (AvgIpc) is 3.09. The first-order valence-corrected chi connectivity index (χ1v) is 9.79. The molecule has 1 aliphatic heterocycles. The minimum absolute atomic E-state index is 0.00724. The standard InChI is InChI=1S/C22H23N5O/c1-14-9-18(13-26-12-15(2)25-21(14)26)16-3-4-20-17(10-16)11-24-27(22(20)28)19-5-7-23-8-6-19/h3-4,9-13,19,23H,5-8H2,1-2H3. The Morgan fingerprint density at radius 3 is 2.71 bits per heavy atom. The molecule has 0 amide bonds. The molecule has 0 saturated carbocycles. The maximum Gasteiger partial charge on any atom is 0.274 e. The van der Waals surface area contributed by atoms with Crippen LogP contribution in [0.3, 0.4) is 0 Å². The zero-order chi connectivity index (χ0) is 19.3. The number of aryl methyl sites for hydroxylation is 2. The Kier molecular flexibility index (Phi) is 4.02. The molecule has 0 unspecified atom stereocenters. The summed E-state index contributed by atoms with van der Waals surface area (Å²) in [4.78, 5) is 17.5. The number of nitrogens with zero attached hydrogens (tertiary/aromatic N) is 4. The third-order valence-corrected chi connectivity index (χ3v) is 5.65. The van der Waals surface area contributed by atoms with Gasteiger partial charge in [-0.3, -0.25) is 4.79 Å². The predicted molar refractivity (Wildman–Crippen MR) is 111 cm³/mol. The maximum atomic E-state index is 13.0. The normalized spacial score (nSPS) is 15.5. The van der Waals surface area contributed by atoms with Crippen molar-refractivity contribution in [2.75, 3.05) is 13.1 Å². The molecule has 4 aromatic rings. The van der Waals surface area contributed by atoms with Gasteiger partial charge in [0, 0.05) is 17.8 Å². The molecular formula is C22H23N5O. The van der Waals surface area contributed by atoms with Crippen molar-refractivity contribution in [2.24, 2.45) is 0 Å². The average molecular weight is 373 g/mol. The SMILES string of the molecule is Cc1cn2cc(-c3ccc4c(=O)n(C5CCNCC5)ncc4c3)cc(C)c2n1. The lowest BCUT2D eigenvalue weighted by molar-refractivity contribution is 0.333. The lowest BCUT2D eigenvalue weighted by atomic mass is 10.0. The number of hydrogen-bond donors (Lipinski definition) is 1. The molecule has 6 nitrogen and oxygen atoms in total. The Balaban J connectivity index is 1.59. The van der Waals surface area contributed by atoms with Gasteiger partial charge in [0.2, 0.25) is 0 Å². The molecule has 0 aliphatic carbocycles. The fraction of sp³-hybridized carbons (Fsp3) is 0.318. The van der Waals surface area contributed by atoms with Crippen LogP contribution >= 0.6 is 0 Å². The minimum atomic E-state index is 0.00724. The van der Waals surface area contributed by atoms with E-state index < -0.39 is 0 Å². The highest BCUT2D eigenvalue weighted by Gasteiger charge is 2.18. The molecule has 0 radical (unpaired) electrons. The number of hydrogen-bond acceptors (Lipinski definition) is 4. The second kappa shape index (κ2) is 6.56. The maximum absolute atomic E-state index is 13.0. The van der Waals surface area contributed by atoms with Crippen LogP contribution in [0.5, 0.6) is 0 Å². The highest BCUT2D eigenvalue weighted by Crippen LogP contribution is 2.26. The summed E-state index contributed by atoms with van der Waals surface area (Å²) in [7, 11) is 0. The van der Waals surface area contributed by atoms with Gasteiger partial charge in [-0.1, -0.05) is 6.07 Å². The molecule has 142 valence electrons. The van der Waals surface area contributed by atoms with Gasteiger partial charge < -0.3 is 9.72 Å². The molecule has 1 N–H and O–H groups in total. The Morgan fingerprint density at radius 2 is 1.89 bits per heavy atom. The Bertz CT molecular complexity index is 1250. The topological polar surface area (TPSA) is 64.2 Å². The van der Waals surface area contributed by atoms with Crippen LogP contribution in [-0.4, -0.2) is 32.3 Å². The summed E-state index contributed by atoms with van der Waals surface area (Å²) in [5, 5.41) is 9.44. The summed E-state index contributed by atoms with van der Waals surface area (Å²) in [6, 6.07) is 8.35. The van der Waals surface area contributed by atoms with Crippen molar-refractivity contribution in [3.05, 3.63) is 64.5 Å². The number of piperidine rings is 1. The Hall–Kier alpha value is -2.99. The summed E-state index contributed by atoms with van der Waals surface area (Å²) in [6.07, 6.45) is 7.84. The number of rotatable bonds is 2.